The van der Waals surface area contributed by atoms with Crippen molar-refractivity contribution in [2.45, 2.75) is 20.4 Å². The molecule has 0 aliphatic heterocycles. The number of furan rings is 1. The molecule has 1 heterocycles. The Kier molecular flexibility index (Phi) is 4.29. The quantitative estimate of drug-likeness (QED) is 0.779. The third-order valence-electron chi connectivity index (χ3n) is 2.48. The van der Waals surface area contributed by atoms with Gasteiger partial charge in [0, 0.05) is 24.6 Å². The monoisotopic (exact) mass is 226 g/mol. The van der Waals surface area contributed by atoms with E-state index in [-0.39, 0.29) is 5.92 Å². The minimum atomic E-state index is 0.247. The van der Waals surface area contributed by atoms with E-state index in [9.17, 15) is 0 Å². The predicted octanol–water partition coefficient (Wildman–Crippen LogP) is 1.94. The van der Waals surface area contributed by atoms with Gasteiger partial charge in [-0.15, -0.1) is 0 Å². The lowest BCUT2D eigenvalue weighted by molar-refractivity contribution is 0.305. The summed E-state index contributed by atoms with van der Waals surface area (Å²) in [5.74, 6) is 1.22. The van der Waals surface area contributed by atoms with Crippen LogP contribution in [0.4, 0.5) is 0 Å². The fourth-order valence-electron chi connectivity index (χ4n) is 1.49. The maximum absolute atomic E-state index is 5.57. The Balaban J connectivity index is 2.46. The largest absolute Gasteiger partial charge is 0.469 e. The van der Waals surface area contributed by atoms with E-state index in [0.717, 1.165) is 18.8 Å². The number of hydrogen-bond acceptors (Lipinski definition) is 3. The molecule has 0 saturated heterocycles. The molecule has 0 aromatic carbocycles. The first-order valence-corrected chi connectivity index (χ1v) is 5.42. The molecule has 1 aromatic rings. The van der Waals surface area contributed by atoms with Crippen LogP contribution in [0.3, 0.4) is 0 Å². The molecule has 1 atom stereocenters. The highest BCUT2D eigenvalue weighted by Gasteiger charge is 2.10. The van der Waals surface area contributed by atoms with Crippen molar-refractivity contribution < 1.29 is 4.42 Å². The summed E-state index contributed by atoms with van der Waals surface area (Å²) in [5, 5.41) is 0. The average molecular weight is 226 g/mol. The van der Waals surface area contributed by atoms with Gasteiger partial charge >= 0.3 is 0 Å². The average Bonchev–Trinajstić information content (AvgIpc) is 2.51. The van der Waals surface area contributed by atoms with Gasteiger partial charge in [0.25, 0.3) is 0 Å². The summed E-state index contributed by atoms with van der Waals surface area (Å²) in [5.41, 5.74) is 6.79. The number of nitrogens with zero attached hydrogens (tertiary/aromatic N) is 1. The van der Waals surface area contributed by atoms with Crippen molar-refractivity contribution in [3.05, 3.63) is 23.7 Å². The third-order valence-corrected chi connectivity index (χ3v) is 2.88. The molecule has 0 spiro atoms. The van der Waals surface area contributed by atoms with E-state index in [0.29, 0.717) is 4.99 Å². The fourth-order valence-corrected chi connectivity index (χ4v) is 1.56. The molecule has 0 fully saturated rings. The Bertz CT molecular complexity index is 335. The molecule has 0 bridgehead atoms. The van der Waals surface area contributed by atoms with Gasteiger partial charge in [-0.3, -0.25) is 0 Å². The van der Waals surface area contributed by atoms with Gasteiger partial charge in [-0.25, -0.2) is 0 Å². The van der Waals surface area contributed by atoms with Gasteiger partial charge in [0.2, 0.25) is 0 Å². The molecule has 3 nitrogen and oxygen atoms in total. The van der Waals surface area contributed by atoms with Crippen LogP contribution < -0.4 is 5.73 Å². The van der Waals surface area contributed by atoms with Crippen molar-refractivity contribution in [3.8, 4) is 0 Å². The summed E-state index contributed by atoms with van der Waals surface area (Å²) >= 11 is 4.94. The molecule has 0 aliphatic rings. The zero-order valence-electron chi connectivity index (χ0n) is 9.49. The highest BCUT2D eigenvalue weighted by molar-refractivity contribution is 7.80. The summed E-state index contributed by atoms with van der Waals surface area (Å²) in [4.78, 5) is 2.77. The first-order chi connectivity index (χ1) is 7.00. The van der Waals surface area contributed by atoms with Gasteiger partial charge in [0.05, 0.1) is 11.3 Å². The number of aryl methyl sites for hydroxylation is 1. The van der Waals surface area contributed by atoms with Crippen LogP contribution in [-0.4, -0.2) is 23.5 Å². The van der Waals surface area contributed by atoms with E-state index in [1.807, 2.05) is 19.9 Å². The SMILES string of the molecule is Cc1occc1CN(C)CC(C)C(N)=S. The summed E-state index contributed by atoms with van der Waals surface area (Å²) in [7, 11) is 2.06. The van der Waals surface area contributed by atoms with Crippen LogP contribution in [0.25, 0.3) is 0 Å². The van der Waals surface area contributed by atoms with Crippen molar-refractivity contribution in [2.75, 3.05) is 13.6 Å². The number of hydrogen-bond donors (Lipinski definition) is 1. The number of rotatable bonds is 5. The molecule has 0 aliphatic carbocycles. The lowest BCUT2D eigenvalue weighted by Gasteiger charge is -2.20. The second-order valence-electron chi connectivity index (χ2n) is 4.00. The van der Waals surface area contributed by atoms with Crippen LogP contribution in [0, 0.1) is 12.8 Å². The Morgan fingerprint density at radius 3 is 2.80 bits per heavy atom. The van der Waals surface area contributed by atoms with Gasteiger partial charge < -0.3 is 15.1 Å². The van der Waals surface area contributed by atoms with Crippen molar-refractivity contribution >= 4 is 17.2 Å². The summed E-state index contributed by atoms with van der Waals surface area (Å²) in [6.45, 7) is 5.76. The second kappa shape index (κ2) is 5.28. The van der Waals surface area contributed by atoms with Crippen molar-refractivity contribution in [2.24, 2.45) is 11.7 Å². The molecule has 1 unspecified atom stereocenters. The summed E-state index contributed by atoms with van der Waals surface area (Å²) < 4.78 is 5.24. The highest BCUT2D eigenvalue weighted by Crippen LogP contribution is 2.11. The molecular weight excluding hydrogens is 208 g/mol. The predicted molar refractivity (Wildman–Crippen MR) is 65.7 cm³/mol. The summed E-state index contributed by atoms with van der Waals surface area (Å²) in [6.07, 6.45) is 1.72. The fraction of sp³-hybridized carbons (Fsp3) is 0.545. The molecular formula is C11H18N2OS. The summed E-state index contributed by atoms with van der Waals surface area (Å²) in [6, 6.07) is 2.00. The normalized spacial score (nSPS) is 13.1. The molecule has 4 heteroatoms. The maximum atomic E-state index is 5.57. The molecule has 84 valence electrons. The van der Waals surface area contributed by atoms with E-state index < -0.39 is 0 Å². The Labute approximate surface area is 96.2 Å². The van der Waals surface area contributed by atoms with E-state index in [2.05, 4.69) is 11.9 Å². The molecule has 15 heavy (non-hydrogen) atoms. The van der Waals surface area contributed by atoms with Crippen molar-refractivity contribution in [1.29, 1.82) is 0 Å². The first kappa shape index (κ1) is 12.2. The van der Waals surface area contributed by atoms with Crippen LogP contribution in [0.5, 0.6) is 0 Å². The first-order valence-electron chi connectivity index (χ1n) is 5.01. The topological polar surface area (TPSA) is 42.4 Å². The lowest BCUT2D eigenvalue weighted by atomic mass is 10.1. The number of nitrogens with two attached hydrogens (primary N) is 1. The van der Waals surface area contributed by atoms with Gasteiger partial charge in [0.15, 0.2) is 0 Å². The third kappa shape index (κ3) is 3.64. The molecule has 0 saturated carbocycles. The van der Waals surface area contributed by atoms with Crippen LogP contribution in [-0.2, 0) is 6.54 Å². The maximum Gasteiger partial charge on any atom is 0.105 e. The molecule has 2 N–H and O–H groups in total. The van der Waals surface area contributed by atoms with E-state index in [4.69, 9.17) is 22.4 Å². The van der Waals surface area contributed by atoms with E-state index in [1.165, 1.54) is 5.56 Å². The van der Waals surface area contributed by atoms with Crippen molar-refractivity contribution in [1.82, 2.24) is 4.90 Å². The van der Waals surface area contributed by atoms with Gasteiger partial charge in [-0.1, -0.05) is 19.1 Å². The highest BCUT2D eigenvalue weighted by atomic mass is 32.1. The van der Waals surface area contributed by atoms with Crippen LogP contribution in [0.1, 0.15) is 18.2 Å². The Hall–Kier alpha value is -0.870. The zero-order chi connectivity index (χ0) is 11.4. The van der Waals surface area contributed by atoms with Crippen LogP contribution in [0.15, 0.2) is 16.7 Å². The number of thiocarbonyl (C=S) groups is 1. The molecule has 0 amide bonds. The zero-order valence-corrected chi connectivity index (χ0v) is 10.3. The van der Waals surface area contributed by atoms with Gasteiger partial charge in [-0.05, 0) is 20.0 Å². The molecule has 0 radical (unpaired) electrons. The molecule has 1 rings (SSSR count). The smallest absolute Gasteiger partial charge is 0.105 e. The van der Waals surface area contributed by atoms with E-state index >= 15 is 0 Å². The minimum absolute atomic E-state index is 0.247. The Morgan fingerprint density at radius 1 is 1.67 bits per heavy atom. The van der Waals surface area contributed by atoms with Crippen molar-refractivity contribution in [3.63, 3.8) is 0 Å². The lowest BCUT2D eigenvalue weighted by Crippen LogP contribution is -2.31. The molecule has 1 aromatic heterocycles. The van der Waals surface area contributed by atoms with E-state index in [1.54, 1.807) is 6.26 Å². The standard InChI is InChI=1S/C11H18N2OS/c1-8(11(12)15)6-13(3)7-10-4-5-14-9(10)2/h4-5,8H,6-7H2,1-3H3,(H2,12,15). The van der Waals surface area contributed by atoms with Gasteiger partial charge in [0.1, 0.15) is 5.76 Å². The van der Waals surface area contributed by atoms with Crippen LogP contribution in [0.2, 0.25) is 0 Å². The van der Waals surface area contributed by atoms with Gasteiger partial charge in [-0.2, -0.15) is 0 Å². The second-order valence-corrected chi connectivity index (χ2v) is 4.47. The Morgan fingerprint density at radius 2 is 2.33 bits per heavy atom. The minimum Gasteiger partial charge on any atom is -0.469 e. The van der Waals surface area contributed by atoms with Crippen LogP contribution >= 0.6 is 12.2 Å².